The molecule has 7 nitrogen and oxygen atoms in total. The maximum absolute atomic E-state index is 11.4. The summed E-state index contributed by atoms with van der Waals surface area (Å²) in [5.74, 6) is 0.638. The molecule has 1 aromatic rings. The van der Waals surface area contributed by atoms with E-state index in [2.05, 4.69) is 9.43 Å². The van der Waals surface area contributed by atoms with Gasteiger partial charge in [-0.05, 0) is 17.7 Å². The molecule has 0 spiro atoms. The standard InChI is InChI=1S/C8H9N3O4S/c1-14-7-4-3-6(5-8(7)15-2)16(12,13)11-10-9/h3-5H,1-2H3. The van der Waals surface area contributed by atoms with Crippen molar-refractivity contribution in [3.63, 3.8) is 0 Å². The van der Waals surface area contributed by atoms with Crippen LogP contribution in [0.5, 0.6) is 11.5 Å². The average Bonchev–Trinajstić information content (AvgIpc) is 2.28. The summed E-state index contributed by atoms with van der Waals surface area (Å²) < 4.78 is 35.3. The van der Waals surface area contributed by atoms with Crippen molar-refractivity contribution in [2.75, 3.05) is 14.2 Å². The minimum Gasteiger partial charge on any atom is -0.493 e. The Morgan fingerprint density at radius 2 is 1.88 bits per heavy atom. The van der Waals surface area contributed by atoms with Gasteiger partial charge in [0.1, 0.15) is 0 Å². The second kappa shape index (κ2) is 4.73. The third-order valence-electron chi connectivity index (χ3n) is 1.80. The zero-order valence-electron chi connectivity index (χ0n) is 8.61. The molecule has 0 atom stereocenters. The molecule has 0 saturated heterocycles. The Hall–Kier alpha value is -1.92. The summed E-state index contributed by atoms with van der Waals surface area (Å²) in [6.45, 7) is 0. The molecule has 86 valence electrons. The van der Waals surface area contributed by atoms with Gasteiger partial charge in [0.2, 0.25) is 0 Å². The van der Waals surface area contributed by atoms with Gasteiger partial charge >= 0.3 is 0 Å². The lowest BCUT2D eigenvalue weighted by molar-refractivity contribution is 0.354. The first-order valence-electron chi connectivity index (χ1n) is 4.08. The molecule has 0 radical (unpaired) electrons. The first kappa shape index (κ1) is 12.2. The molecular formula is C8H9N3O4S. The molecule has 0 N–H and O–H groups in total. The number of azide groups is 1. The van der Waals surface area contributed by atoms with Crippen molar-refractivity contribution in [2.24, 2.45) is 4.52 Å². The fraction of sp³-hybridized carbons (Fsp3) is 0.250. The fourth-order valence-electron chi connectivity index (χ4n) is 1.07. The van der Waals surface area contributed by atoms with Gasteiger partial charge in [0.05, 0.1) is 19.1 Å². The lowest BCUT2D eigenvalue weighted by Gasteiger charge is -2.07. The molecule has 8 heteroatoms. The van der Waals surface area contributed by atoms with Crippen LogP contribution >= 0.6 is 0 Å². The highest BCUT2D eigenvalue weighted by Crippen LogP contribution is 2.29. The topological polar surface area (TPSA) is 101 Å². The second-order valence-corrected chi connectivity index (χ2v) is 4.25. The highest BCUT2D eigenvalue weighted by molar-refractivity contribution is 7.90. The predicted octanol–water partition coefficient (Wildman–Crippen LogP) is 1.70. The van der Waals surface area contributed by atoms with E-state index < -0.39 is 10.0 Å². The van der Waals surface area contributed by atoms with Crippen molar-refractivity contribution >= 4 is 10.0 Å². The van der Waals surface area contributed by atoms with Gasteiger partial charge in [-0.25, -0.2) is 8.42 Å². The summed E-state index contributed by atoms with van der Waals surface area (Å²) in [6, 6.07) is 3.91. The van der Waals surface area contributed by atoms with Gasteiger partial charge in [-0.2, -0.15) is 0 Å². The molecular weight excluding hydrogens is 234 g/mol. The zero-order valence-corrected chi connectivity index (χ0v) is 9.43. The van der Waals surface area contributed by atoms with Gasteiger partial charge < -0.3 is 9.47 Å². The Morgan fingerprint density at radius 3 is 2.38 bits per heavy atom. The number of methoxy groups -OCH3 is 2. The number of benzene rings is 1. The van der Waals surface area contributed by atoms with Crippen LogP contribution in [0.4, 0.5) is 0 Å². The van der Waals surface area contributed by atoms with Gasteiger partial charge in [0, 0.05) is 15.5 Å². The molecule has 0 bridgehead atoms. The normalized spacial score (nSPS) is 10.4. The van der Waals surface area contributed by atoms with Crippen LogP contribution in [0, 0.1) is 0 Å². The Labute approximate surface area is 92.3 Å². The van der Waals surface area contributed by atoms with Gasteiger partial charge in [-0.15, -0.1) is 0 Å². The van der Waals surface area contributed by atoms with Crippen molar-refractivity contribution in [3.05, 3.63) is 28.6 Å². The number of ether oxygens (including phenoxy) is 2. The van der Waals surface area contributed by atoms with E-state index in [0.29, 0.717) is 5.75 Å². The van der Waals surface area contributed by atoms with E-state index in [1.807, 2.05) is 0 Å². The van der Waals surface area contributed by atoms with Gasteiger partial charge in [0.15, 0.2) is 11.5 Å². The lowest BCUT2D eigenvalue weighted by Crippen LogP contribution is -1.97. The summed E-state index contributed by atoms with van der Waals surface area (Å²) in [7, 11) is -1.19. The zero-order chi connectivity index (χ0) is 12.2. The van der Waals surface area contributed by atoms with Gasteiger partial charge in [0.25, 0.3) is 10.0 Å². The van der Waals surface area contributed by atoms with E-state index in [4.69, 9.17) is 15.0 Å². The molecule has 0 aliphatic rings. The third-order valence-corrected chi connectivity index (χ3v) is 2.93. The summed E-state index contributed by atoms with van der Waals surface area (Å²) in [4.78, 5) is 2.10. The highest BCUT2D eigenvalue weighted by Gasteiger charge is 2.15. The van der Waals surface area contributed by atoms with E-state index >= 15 is 0 Å². The summed E-state index contributed by atoms with van der Waals surface area (Å²) in [5, 5.41) is 0. The summed E-state index contributed by atoms with van der Waals surface area (Å²) >= 11 is 0. The van der Waals surface area contributed by atoms with E-state index in [-0.39, 0.29) is 10.6 Å². The van der Waals surface area contributed by atoms with Crippen LogP contribution in [-0.2, 0) is 10.0 Å². The van der Waals surface area contributed by atoms with Crippen LogP contribution in [0.3, 0.4) is 0 Å². The minimum absolute atomic E-state index is 0.150. The first-order chi connectivity index (χ1) is 7.55. The van der Waals surface area contributed by atoms with Crippen molar-refractivity contribution in [3.8, 4) is 11.5 Å². The Bertz CT molecular complexity index is 534. The fourth-order valence-corrected chi connectivity index (χ4v) is 1.76. The number of hydrogen-bond acceptors (Lipinski definition) is 4. The van der Waals surface area contributed by atoms with Crippen LogP contribution in [0.1, 0.15) is 0 Å². The Morgan fingerprint density at radius 1 is 1.25 bits per heavy atom. The van der Waals surface area contributed by atoms with Crippen LogP contribution in [-0.4, -0.2) is 22.6 Å². The van der Waals surface area contributed by atoms with Gasteiger partial charge in [-0.1, -0.05) is 0 Å². The first-order valence-corrected chi connectivity index (χ1v) is 5.52. The quantitative estimate of drug-likeness (QED) is 0.456. The summed E-state index contributed by atoms with van der Waals surface area (Å²) in [5.41, 5.74) is 8.11. The van der Waals surface area contributed by atoms with E-state index in [9.17, 15) is 8.42 Å². The number of nitrogens with zero attached hydrogens (tertiary/aromatic N) is 3. The molecule has 0 aromatic heterocycles. The average molecular weight is 243 g/mol. The van der Waals surface area contributed by atoms with Crippen molar-refractivity contribution in [1.82, 2.24) is 0 Å². The molecule has 0 amide bonds. The molecule has 1 aromatic carbocycles. The third kappa shape index (κ3) is 2.36. The number of hydrogen-bond donors (Lipinski definition) is 0. The number of rotatable bonds is 4. The van der Waals surface area contributed by atoms with Crippen molar-refractivity contribution in [2.45, 2.75) is 4.90 Å². The molecule has 1 rings (SSSR count). The minimum atomic E-state index is -4.00. The number of sulfonamides is 1. The maximum Gasteiger partial charge on any atom is 0.264 e. The molecule has 0 unspecified atom stereocenters. The van der Waals surface area contributed by atoms with Crippen molar-refractivity contribution in [1.29, 1.82) is 0 Å². The molecule has 0 aliphatic heterocycles. The molecule has 0 aliphatic carbocycles. The smallest absolute Gasteiger partial charge is 0.264 e. The maximum atomic E-state index is 11.4. The molecule has 0 heterocycles. The van der Waals surface area contributed by atoms with Gasteiger partial charge in [-0.3, -0.25) is 0 Å². The van der Waals surface area contributed by atoms with Crippen molar-refractivity contribution < 1.29 is 17.9 Å². The van der Waals surface area contributed by atoms with E-state index in [0.717, 1.165) is 0 Å². The SMILES string of the molecule is COc1ccc(S(=O)(=O)N=[N+]=[N-])cc1OC. The van der Waals surface area contributed by atoms with E-state index in [1.54, 1.807) is 0 Å². The Balaban J connectivity index is 3.34. The monoisotopic (exact) mass is 243 g/mol. The largest absolute Gasteiger partial charge is 0.493 e. The van der Waals surface area contributed by atoms with Crippen LogP contribution < -0.4 is 9.47 Å². The molecule has 16 heavy (non-hydrogen) atoms. The Kier molecular flexibility index (Phi) is 3.60. The predicted molar refractivity (Wildman–Crippen MR) is 55.9 cm³/mol. The van der Waals surface area contributed by atoms with Crippen LogP contribution in [0.2, 0.25) is 0 Å². The lowest BCUT2D eigenvalue weighted by atomic mass is 10.3. The van der Waals surface area contributed by atoms with Crippen LogP contribution in [0.15, 0.2) is 27.6 Å². The summed E-state index contributed by atoms with van der Waals surface area (Å²) in [6.07, 6.45) is 0. The highest BCUT2D eigenvalue weighted by atomic mass is 32.2. The van der Waals surface area contributed by atoms with E-state index in [1.165, 1.54) is 32.4 Å². The molecule has 0 fully saturated rings. The molecule has 0 saturated carbocycles. The second-order valence-electron chi connectivity index (χ2n) is 2.66. The van der Waals surface area contributed by atoms with Crippen LogP contribution in [0.25, 0.3) is 10.4 Å².